The highest BCUT2D eigenvalue weighted by atomic mass is 19.4. The Labute approximate surface area is 96.8 Å². The van der Waals surface area contributed by atoms with Crippen LogP contribution in [-0.2, 0) is 5.60 Å². The Morgan fingerprint density at radius 1 is 0.944 bits per heavy atom. The minimum atomic E-state index is -6.08. The first kappa shape index (κ1) is 14.7. The smallest absolute Gasteiger partial charge is 0.369 e. The predicted molar refractivity (Wildman–Crippen MR) is 47.1 cm³/mol. The van der Waals surface area contributed by atoms with Gasteiger partial charge in [-0.2, -0.15) is 26.3 Å². The van der Waals surface area contributed by atoms with Crippen molar-refractivity contribution in [1.82, 2.24) is 0 Å². The molecule has 0 amide bonds. The monoisotopic (exact) mass is 276 g/mol. The van der Waals surface area contributed by atoms with E-state index in [0.29, 0.717) is 12.1 Å². The molecule has 0 fully saturated rings. The molecule has 0 aliphatic rings. The molecule has 0 heterocycles. The van der Waals surface area contributed by atoms with Crippen molar-refractivity contribution in [3.05, 3.63) is 35.1 Å². The van der Waals surface area contributed by atoms with Crippen LogP contribution in [0.5, 0.6) is 0 Å². The van der Waals surface area contributed by atoms with Crippen molar-refractivity contribution < 1.29 is 35.8 Å². The molecule has 1 rings (SSSR count). The summed E-state index contributed by atoms with van der Waals surface area (Å²) in [6, 6.07) is 1.75. The van der Waals surface area contributed by atoms with Crippen molar-refractivity contribution in [2.75, 3.05) is 0 Å². The van der Waals surface area contributed by atoms with Gasteiger partial charge in [-0.3, -0.25) is 0 Å². The van der Waals surface area contributed by atoms with E-state index in [2.05, 4.69) is 0 Å². The summed E-state index contributed by atoms with van der Waals surface area (Å²) in [5, 5.41) is 8.97. The van der Waals surface area contributed by atoms with Gasteiger partial charge in [0.05, 0.1) is 0 Å². The maximum Gasteiger partial charge on any atom is 0.430 e. The van der Waals surface area contributed by atoms with Crippen LogP contribution in [0.2, 0.25) is 0 Å². The summed E-state index contributed by atoms with van der Waals surface area (Å²) >= 11 is 0. The molecule has 1 aromatic rings. The van der Waals surface area contributed by atoms with Gasteiger partial charge in [0.15, 0.2) is 0 Å². The largest absolute Gasteiger partial charge is 0.430 e. The SMILES string of the molecule is Cc1ccc(F)c(C(O)(C(F)(F)F)C(F)(F)F)c1. The van der Waals surface area contributed by atoms with Gasteiger partial charge < -0.3 is 5.11 Å². The van der Waals surface area contributed by atoms with Gasteiger partial charge in [-0.1, -0.05) is 11.6 Å². The molecule has 0 radical (unpaired) electrons. The molecule has 0 aromatic heterocycles. The number of halogens is 7. The first-order valence-electron chi connectivity index (χ1n) is 4.53. The van der Waals surface area contributed by atoms with Crippen LogP contribution >= 0.6 is 0 Å². The van der Waals surface area contributed by atoms with Crippen molar-refractivity contribution >= 4 is 0 Å². The van der Waals surface area contributed by atoms with E-state index in [0.717, 1.165) is 6.07 Å². The molecular formula is C10H7F7O. The van der Waals surface area contributed by atoms with E-state index < -0.39 is 29.3 Å². The highest BCUT2D eigenvalue weighted by molar-refractivity contribution is 5.32. The molecule has 0 aliphatic heterocycles. The second kappa shape index (κ2) is 4.11. The van der Waals surface area contributed by atoms with E-state index in [9.17, 15) is 30.7 Å². The molecule has 0 bridgehead atoms. The maximum absolute atomic E-state index is 13.2. The fourth-order valence-corrected chi connectivity index (χ4v) is 1.38. The van der Waals surface area contributed by atoms with Crippen molar-refractivity contribution in [3.63, 3.8) is 0 Å². The topological polar surface area (TPSA) is 20.2 Å². The number of aliphatic hydroxyl groups is 1. The Morgan fingerprint density at radius 2 is 1.39 bits per heavy atom. The van der Waals surface area contributed by atoms with Gasteiger partial charge >= 0.3 is 12.4 Å². The van der Waals surface area contributed by atoms with Gasteiger partial charge in [0.25, 0.3) is 5.60 Å². The highest BCUT2D eigenvalue weighted by Crippen LogP contribution is 2.50. The lowest BCUT2D eigenvalue weighted by Crippen LogP contribution is -2.54. The van der Waals surface area contributed by atoms with E-state index in [1.54, 1.807) is 0 Å². The Bertz CT molecular complexity index is 433. The van der Waals surface area contributed by atoms with Crippen LogP contribution < -0.4 is 0 Å². The molecule has 0 atom stereocenters. The molecular weight excluding hydrogens is 269 g/mol. The minimum absolute atomic E-state index is 0.0432. The summed E-state index contributed by atoms with van der Waals surface area (Å²) in [6.07, 6.45) is -12.2. The molecule has 1 aromatic carbocycles. The van der Waals surface area contributed by atoms with E-state index >= 15 is 0 Å². The second-order valence-electron chi connectivity index (χ2n) is 3.69. The maximum atomic E-state index is 13.2. The Hall–Kier alpha value is -1.31. The molecule has 1 nitrogen and oxygen atoms in total. The normalized spacial score (nSPS) is 13.8. The lowest BCUT2D eigenvalue weighted by molar-refractivity contribution is -0.377. The summed E-state index contributed by atoms with van der Waals surface area (Å²) in [6.45, 7) is 1.18. The van der Waals surface area contributed by atoms with Crippen molar-refractivity contribution in [1.29, 1.82) is 0 Å². The number of aryl methyl sites for hydroxylation is 1. The number of alkyl halides is 6. The third-order valence-electron chi connectivity index (χ3n) is 2.33. The van der Waals surface area contributed by atoms with Gasteiger partial charge in [0, 0.05) is 5.56 Å². The van der Waals surface area contributed by atoms with Crippen LogP contribution in [0.1, 0.15) is 11.1 Å². The zero-order valence-electron chi connectivity index (χ0n) is 8.83. The van der Waals surface area contributed by atoms with Crippen LogP contribution in [0.25, 0.3) is 0 Å². The van der Waals surface area contributed by atoms with Gasteiger partial charge in [-0.15, -0.1) is 0 Å². The van der Waals surface area contributed by atoms with Gasteiger partial charge in [-0.25, -0.2) is 4.39 Å². The summed E-state index contributed by atoms with van der Waals surface area (Å²) in [7, 11) is 0. The Balaban J connectivity index is 3.61. The van der Waals surface area contributed by atoms with Crippen LogP contribution in [0, 0.1) is 12.7 Å². The molecule has 0 aliphatic carbocycles. The predicted octanol–water partition coefficient (Wildman–Crippen LogP) is 3.45. The minimum Gasteiger partial charge on any atom is -0.369 e. The first-order valence-corrected chi connectivity index (χ1v) is 4.53. The average Bonchev–Trinajstić information content (AvgIpc) is 2.17. The summed E-state index contributed by atoms with van der Waals surface area (Å²) < 4.78 is 87.9. The standard InChI is InChI=1S/C10H7F7O/c1-5-2-3-7(11)6(4-5)8(18,9(12,13)14)10(15,16)17/h2-4,18H,1H3. The third-order valence-corrected chi connectivity index (χ3v) is 2.33. The quantitative estimate of drug-likeness (QED) is 0.779. The molecule has 0 spiro atoms. The fourth-order valence-electron chi connectivity index (χ4n) is 1.38. The van der Waals surface area contributed by atoms with Crippen molar-refractivity contribution in [3.8, 4) is 0 Å². The van der Waals surface area contributed by atoms with Gasteiger partial charge in [-0.05, 0) is 19.1 Å². The molecule has 8 heteroatoms. The molecule has 18 heavy (non-hydrogen) atoms. The van der Waals surface area contributed by atoms with E-state index in [1.165, 1.54) is 6.92 Å². The Morgan fingerprint density at radius 3 is 1.78 bits per heavy atom. The van der Waals surface area contributed by atoms with Crippen LogP contribution in [-0.4, -0.2) is 17.5 Å². The van der Waals surface area contributed by atoms with Crippen molar-refractivity contribution in [2.24, 2.45) is 0 Å². The number of rotatable bonds is 1. The Kier molecular flexibility index (Phi) is 3.37. The zero-order valence-corrected chi connectivity index (χ0v) is 8.83. The first-order chi connectivity index (χ1) is 7.91. The lowest BCUT2D eigenvalue weighted by atomic mass is 9.90. The van der Waals surface area contributed by atoms with Crippen LogP contribution in [0.4, 0.5) is 30.7 Å². The van der Waals surface area contributed by atoms with Crippen molar-refractivity contribution in [2.45, 2.75) is 24.9 Å². The third kappa shape index (κ3) is 2.16. The van der Waals surface area contributed by atoms with E-state index in [4.69, 9.17) is 5.11 Å². The van der Waals surface area contributed by atoms with Crippen LogP contribution in [0.15, 0.2) is 18.2 Å². The number of hydrogen-bond acceptors (Lipinski definition) is 1. The van der Waals surface area contributed by atoms with Gasteiger partial charge in [0.2, 0.25) is 0 Å². The van der Waals surface area contributed by atoms with E-state index in [-0.39, 0.29) is 5.56 Å². The molecule has 0 saturated carbocycles. The fraction of sp³-hybridized carbons (Fsp3) is 0.400. The molecule has 1 N–H and O–H groups in total. The van der Waals surface area contributed by atoms with Gasteiger partial charge in [0.1, 0.15) is 5.82 Å². The van der Waals surface area contributed by atoms with E-state index in [1.807, 2.05) is 0 Å². The molecule has 0 saturated heterocycles. The summed E-state index contributed by atoms with van der Waals surface area (Å²) in [5.41, 5.74) is -7.13. The number of benzene rings is 1. The zero-order chi connectivity index (χ0) is 14.4. The highest BCUT2D eigenvalue weighted by Gasteiger charge is 2.72. The lowest BCUT2D eigenvalue weighted by Gasteiger charge is -2.33. The summed E-state index contributed by atoms with van der Waals surface area (Å²) in [5.74, 6) is -1.78. The second-order valence-corrected chi connectivity index (χ2v) is 3.69. The summed E-state index contributed by atoms with van der Waals surface area (Å²) in [4.78, 5) is 0. The molecule has 102 valence electrons. The van der Waals surface area contributed by atoms with Crippen LogP contribution in [0.3, 0.4) is 0 Å². The number of hydrogen-bond donors (Lipinski definition) is 1. The average molecular weight is 276 g/mol. The molecule has 0 unspecified atom stereocenters.